The van der Waals surface area contributed by atoms with Crippen molar-refractivity contribution >= 4 is 23.0 Å². The summed E-state index contributed by atoms with van der Waals surface area (Å²) in [5.41, 5.74) is 1.62. The zero-order valence-corrected chi connectivity index (χ0v) is 15.0. The molecule has 1 saturated heterocycles. The predicted octanol–water partition coefficient (Wildman–Crippen LogP) is 3.20. The number of benzene rings is 1. The van der Waals surface area contributed by atoms with Gasteiger partial charge in [0.1, 0.15) is 5.75 Å². The van der Waals surface area contributed by atoms with Gasteiger partial charge in [0, 0.05) is 45.1 Å². The Balaban J connectivity index is 1.53. The molecule has 1 aliphatic heterocycles. The molecule has 1 N–H and O–H groups in total. The molecule has 0 amide bonds. The topological polar surface area (TPSA) is 40.6 Å². The number of hydrogen-bond acceptors (Lipinski definition) is 4. The van der Waals surface area contributed by atoms with E-state index in [1.54, 1.807) is 24.4 Å². The minimum absolute atomic E-state index is 0.0834. The molecule has 0 radical (unpaired) electrons. The number of hydrogen-bond donors (Lipinski definition) is 1. The average Bonchev–Trinajstić information content (AvgIpc) is 2.64. The Morgan fingerprint density at radius 3 is 2.62 bits per heavy atom. The van der Waals surface area contributed by atoms with Gasteiger partial charge in [-0.2, -0.15) is 8.78 Å². The number of thiocarbonyl (C=S) groups is 1. The van der Waals surface area contributed by atoms with Crippen molar-refractivity contribution < 1.29 is 13.5 Å². The summed E-state index contributed by atoms with van der Waals surface area (Å²) in [6, 6.07) is 10.5. The molecule has 5 nitrogen and oxygen atoms in total. The van der Waals surface area contributed by atoms with Gasteiger partial charge < -0.3 is 15.0 Å². The Labute approximate surface area is 156 Å². The highest BCUT2D eigenvalue weighted by Crippen LogP contribution is 2.26. The molecule has 0 saturated carbocycles. The fourth-order valence-corrected chi connectivity index (χ4v) is 3.11. The number of halogens is 2. The van der Waals surface area contributed by atoms with Crippen molar-refractivity contribution in [1.29, 1.82) is 0 Å². The number of piperazine rings is 1. The standard InChI is InChI=1S/C18H20F2N4OS/c19-17(20)25-16-6-2-1-5-15(16)22-18(26)24-10-8-23(9-11-24)13-14-4-3-7-21-12-14/h1-7,12,17H,8-11,13H2,(H,22,26). The highest BCUT2D eigenvalue weighted by Gasteiger charge is 2.20. The summed E-state index contributed by atoms with van der Waals surface area (Å²) in [7, 11) is 0. The van der Waals surface area contributed by atoms with Crippen molar-refractivity contribution in [2.24, 2.45) is 0 Å². The lowest BCUT2D eigenvalue weighted by molar-refractivity contribution is -0.0493. The lowest BCUT2D eigenvalue weighted by atomic mass is 10.2. The summed E-state index contributed by atoms with van der Waals surface area (Å²) in [4.78, 5) is 8.51. The number of rotatable bonds is 5. The molecule has 0 bridgehead atoms. The first-order valence-electron chi connectivity index (χ1n) is 8.33. The molecule has 3 rings (SSSR count). The van der Waals surface area contributed by atoms with Gasteiger partial charge in [0.25, 0.3) is 0 Å². The third-order valence-corrected chi connectivity index (χ3v) is 4.49. The largest absolute Gasteiger partial charge is 0.433 e. The van der Waals surface area contributed by atoms with Gasteiger partial charge in [-0.1, -0.05) is 18.2 Å². The van der Waals surface area contributed by atoms with Gasteiger partial charge in [-0.15, -0.1) is 0 Å². The van der Waals surface area contributed by atoms with Crippen LogP contribution in [0.1, 0.15) is 5.56 Å². The van der Waals surface area contributed by atoms with Crippen molar-refractivity contribution in [3.8, 4) is 5.75 Å². The first-order valence-corrected chi connectivity index (χ1v) is 8.73. The van der Waals surface area contributed by atoms with Crippen LogP contribution in [-0.2, 0) is 6.54 Å². The third kappa shape index (κ3) is 5.09. The van der Waals surface area contributed by atoms with Crippen LogP contribution in [0, 0.1) is 0 Å². The maximum absolute atomic E-state index is 12.5. The van der Waals surface area contributed by atoms with Gasteiger partial charge in [0.2, 0.25) is 0 Å². The van der Waals surface area contributed by atoms with Gasteiger partial charge in [0.05, 0.1) is 5.69 Å². The summed E-state index contributed by atoms with van der Waals surface area (Å²) in [5, 5.41) is 3.53. The van der Waals surface area contributed by atoms with Crippen LogP contribution in [0.2, 0.25) is 0 Å². The van der Waals surface area contributed by atoms with Crippen LogP contribution in [0.25, 0.3) is 0 Å². The number of alkyl halides is 2. The Bertz CT molecular complexity index is 724. The van der Waals surface area contributed by atoms with Crippen LogP contribution < -0.4 is 10.1 Å². The highest BCUT2D eigenvalue weighted by molar-refractivity contribution is 7.80. The van der Waals surface area contributed by atoms with Gasteiger partial charge in [-0.25, -0.2) is 0 Å². The number of pyridine rings is 1. The smallest absolute Gasteiger partial charge is 0.387 e. The summed E-state index contributed by atoms with van der Waals surface area (Å²) < 4.78 is 29.6. The first kappa shape index (κ1) is 18.5. The van der Waals surface area contributed by atoms with E-state index in [-0.39, 0.29) is 5.75 Å². The van der Waals surface area contributed by atoms with Gasteiger partial charge in [-0.05, 0) is 36.0 Å². The van der Waals surface area contributed by atoms with Crippen molar-refractivity contribution in [1.82, 2.24) is 14.8 Å². The molecular weight excluding hydrogens is 358 g/mol. The van der Waals surface area contributed by atoms with E-state index in [2.05, 4.69) is 26.0 Å². The summed E-state index contributed by atoms with van der Waals surface area (Å²) in [6.07, 6.45) is 3.64. The Morgan fingerprint density at radius 1 is 1.15 bits per heavy atom. The summed E-state index contributed by atoms with van der Waals surface area (Å²) >= 11 is 5.44. The number of aromatic nitrogens is 1. The van der Waals surface area contributed by atoms with Crippen molar-refractivity contribution in [3.05, 3.63) is 54.4 Å². The van der Waals surface area contributed by atoms with E-state index in [4.69, 9.17) is 12.2 Å². The van der Waals surface area contributed by atoms with Gasteiger partial charge in [-0.3, -0.25) is 9.88 Å². The molecule has 0 aliphatic carbocycles. The number of para-hydroxylation sites is 2. The van der Waals surface area contributed by atoms with Crippen LogP contribution in [-0.4, -0.2) is 52.7 Å². The first-order chi connectivity index (χ1) is 12.6. The van der Waals surface area contributed by atoms with Crippen molar-refractivity contribution in [3.63, 3.8) is 0 Å². The van der Waals surface area contributed by atoms with E-state index in [0.717, 1.165) is 32.7 Å². The molecule has 1 aromatic heterocycles. The summed E-state index contributed by atoms with van der Waals surface area (Å²) in [5.74, 6) is 0.0834. The van der Waals surface area contributed by atoms with E-state index in [1.165, 1.54) is 11.6 Å². The second-order valence-electron chi connectivity index (χ2n) is 5.93. The van der Waals surface area contributed by atoms with Gasteiger partial charge in [0.15, 0.2) is 5.11 Å². The molecule has 8 heteroatoms. The maximum Gasteiger partial charge on any atom is 0.387 e. The maximum atomic E-state index is 12.5. The fraction of sp³-hybridized carbons (Fsp3) is 0.333. The number of nitrogens with zero attached hydrogens (tertiary/aromatic N) is 3. The SMILES string of the molecule is FC(F)Oc1ccccc1NC(=S)N1CCN(Cc2cccnc2)CC1. The van der Waals surface area contributed by atoms with Crippen LogP contribution in [0.4, 0.5) is 14.5 Å². The van der Waals surface area contributed by atoms with Crippen molar-refractivity contribution in [2.45, 2.75) is 13.2 Å². The molecule has 1 aliphatic rings. The average molecular weight is 378 g/mol. The van der Waals surface area contributed by atoms with Crippen LogP contribution in [0.3, 0.4) is 0 Å². The Morgan fingerprint density at radius 2 is 1.92 bits per heavy atom. The minimum atomic E-state index is -2.87. The van der Waals surface area contributed by atoms with Crippen molar-refractivity contribution in [2.75, 3.05) is 31.5 Å². The van der Waals surface area contributed by atoms with Crippen LogP contribution in [0.5, 0.6) is 5.75 Å². The van der Waals surface area contributed by atoms with E-state index in [0.29, 0.717) is 10.8 Å². The van der Waals surface area contributed by atoms with E-state index in [1.807, 2.05) is 17.2 Å². The molecule has 0 spiro atoms. The normalized spacial score (nSPS) is 15.1. The fourth-order valence-electron chi connectivity index (χ4n) is 2.82. The molecule has 1 aromatic carbocycles. The number of ether oxygens (including phenoxy) is 1. The second kappa shape index (κ2) is 8.86. The second-order valence-corrected chi connectivity index (χ2v) is 6.32. The quantitative estimate of drug-likeness (QED) is 0.806. The van der Waals surface area contributed by atoms with Gasteiger partial charge >= 0.3 is 6.61 Å². The zero-order valence-electron chi connectivity index (χ0n) is 14.1. The monoisotopic (exact) mass is 378 g/mol. The minimum Gasteiger partial charge on any atom is -0.433 e. The Kier molecular flexibility index (Phi) is 6.30. The van der Waals surface area contributed by atoms with E-state index < -0.39 is 6.61 Å². The highest BCUT2D eigenvalue weighted by atomic mass is 32.1. The number of anilines is 1. The lowest BCUT2D eigenvalue weighted by Crippen LogP contribution is -2.49. The van der Waals surface area contributed by atoms with Crippen LogP contribution >= 0.6 is 12.2 Å². The van der Waals surface area contributed by atoms with E-state index >= 15 is 0 Å². The number of nitrogens with one attached hydrogen (secondary N) is 1. The van der Waals surface area contributed by atoms with E-state index in [9.17, 15) is 8.78 Å². The molecule has 2 heterocycles. The Hall–Kier alpha value is -2.32. The van der Waals surface area contributed by atoms with Crippen LogP contribution in [0.15, 0.2) is 48.8 Å². The predicted molar refractivity (Wildman–Crippen MR) is 100 cm³/mol. The zero-order chi connectivity index (χ0) is 18.4. The molecule has 26 heavy (non-hydrogen) atoms. The molecule has 0 atom stereocenters. The third-order valence-electron chi connectivity index (χ3n) is 4.13. The molecule has 138 valence electrons. The lowest BCUT2D eigenvalue weighted by Gasteiger charge is -2.36. The summed E-state index contributed by atoms with van der Waals surface area (Å²) in [6.45, 7) is 1.25. The molecule has 0 unspecified atom stereocenters. The molecule has 2 aromatic rings. The molecule has 1 fully saturated rings. The molecular formula is C18H20F2N4OS.